The van der Waals surface area contributed by atoms with Gasteiger partial charge in [-0.05, 0) is 30.5 Å². The summed E-state index contributed by atoms with van der Waals surface area (Å²) in [5.41, 5.74) is 3.77. The number of amides is 2. The lowest BCUT2D eigenvalue weighted by Crippen LogP contribution is -2.33. The van der Waals surface area contributed by atoms with Crippen LogP contribution in [-0.4, -0.2) is 63.7 Å². The van der Waals surface area contributed by atoms with Gasteiger partial charge in [0.2, 0.25) is 5.91 Å². The number of hydrogen-bond acceptors (Lipinski definition) is 5. The van der Waals surface area contributed by atoms with Gasteiger partial charge in [0.1, 0.15) is 5.69 Å². The average Bonchev–Trinajstić information content (AvgIpc) is 3.52. The van der Waals surface area contributed by atoms with Crippen molar-refractivity contribution < 1.29 is 19.4 Å². The molecule has 3 aromatic rings. The minimum Gasteiger partial charge on any atom is -0.504 e. The summed E-state index contributed by atoms with van der Waals surface area (Å²) >= 11 is 0. The summed E-state index contributed by atoms with van der Waals surface area (Å²) in [5, 5.41) is 17.5. The Labute approximate surface area is 191 Å². The summed E-state index contributed by atoms with van der Waals surface area (Å²) in [6, 6.07) is 14.5. The molecule has 2 aliphatic rings. The topological polar surface area (TPSA) is 98.8 Å². The summed E-state index contributed by atoms with van der Waals surface area (Å²) in [7, 11) is 1.50. The van der Waals surface area contributed by atoms with E-state index in [9.17, 15) is 14.7 Å². The molecular weight excluding hydrogens is 420 g/mol. The second kappa shape index (κ2) is 8.61. The molecule has 1 fully saturated rings. The molecule has 0 bridgehead atoms. The van der Waals surface area contributed by atoms with Crippen molar-refractivity contribution in [2.75, 3.05) is 26.7 Å². The van der Waals surface area contributed by atoms with Crippen LogP contribution in [0, 0.1) is 0 Å². The average molecular weight is 447 g/mol. The molecule has 1 atom stereocenters. The number of carbonyl (C=O) groups excluding carboxylic acids is 2. The van der Waals surface area contributed by atoms with Gasteiger partial charge in [0.05, 0.1) is 18.8 Å². The quantitative estimate of drug-likeness (QED) is 0.580. The van der Waals surface area contributed by atoms with Crippen molar-refractivity contribution in [2.24, 2.45) is 0 Å². The minimum atomic E-state index is -0.384. The first-order valence-corrected chi connectivity index (χ1v) is 11.2. The van der Waals surface area contributed by atoms with Crippen LogP contribution in [0.1, 0.15) is 46.9 Å². The Balaban J connectivity index is 1.51. The highest BCUT2D eigenvalue weighted by Gasteiger charge is 2.42. The number of benzene rings is 2. The van der Waals surface area contributed by atoms with Crippen LogP contribution in [0.15, 0.2) is 48.5 Å². The Morgan fingerprint density at radius 3 is 2.70 bits per heavy atom. The number of nitrogens with one attached hydrogen (secondary N) is 1. The number of hydrogen-bond donors (Lipinski definition) is 2. The summed E-state index contributed by atoms with van der Waals surface area (Å²) in [5.74, 6) is 0.453. The Kier molecular flexibility index (Phi) is 5.50. The molecule has 2 aromatic carbocycles. The van der Waals surface area contributed by atoms with Gasteiger partial charge in [-0.1, -0.05) is 36.4 Å². The molecular formula is C25H26N4O4. The summed E-state index contributed by atoms with van der Waals surface area (Å²) in [6.45, 7) is 1.91. The molecule has 0 saturated carbocycles. The lowest BCUT2D eigenvalue weighted by atomic mass is 9.95. The number of H-pyrrole nitrogens is 1. The molecule has 1 aromatic heterocycles. The van der Waals surface area contributed by atoms with Crippen molar-refractivity contribution in [3.8, 4) is 22.8 Å². The Bertz CT molecular complexity index is 1190. The second-order valence-corrected chi connectivity index (χ2v) is 8.40. The minimum absolute atomic E-state index is 0.0420. The number of carbonyl (C=O) groups is 2. The maximum absolute atomic E-state index is 13.4. The lowest BCUT2D eigenvalue weighted by Gasteiger charge is -2.27. The molecule has 1 saturated heterocycles. The van der Waals surface area contributed by atoms with Gasteiger partial charge in [-0.25, -0.2) is 0 Å². The summed E-state index contributed by atoms with van der Waals surface area (Å²) < 4.78 is 5.33. The maximum Gasteiger partial charge on any atom is 0.273 e. The number of methoxy groups -OCH3 is 1. The zero-order chi connectivity index (χ0) is 22.9. The fourth-order valence-electron chi connectivity index (χ4n) is 4.83. The third-order valence-electron chi connectivity index (χ3n) is 6.43. The van der Waals surface area contributed by atoms with Crippen LogP contribution in [0.3, 0.4) is 0 Å². The van der Waals surface area contributed by atoms with E-state index in [1.54, 1.807) is 12.1 Å². The molecule has 2 amide bonds. The van der Waals surface area contributed by atoms with Crippen molar-refractivity contribution >= 4 is 11.8 Å². The number of nitrogens with zero attached hydrogens (tertiary/aromatic N) is 3. The molecule has 2 N–H and O–H groups in total. The van der Waals surface area contributed by atoms with Crippen LogP contribution in [0.4, 0.5) is 0 Å². The fraction of sp³-hybridized carbons (Fsp3) is 0.320. The zero-order valence-electron chi connectivity index (χ0n) is 18.5. The highest BCUT2D eigenvalue weighted by atomic mass is 16.5. The van der Waals surface area contributed by atoms with E-state index in [0.29, 0.717) is 37.4 Å². The standard InChI is InChI=1S/C25H26N4O4/c1-33-19-15-17(10-11-18(19)30)24-21-22(16-7-3-2-4-8-16)26-27-23(21)25(32)29(24)14-6-13-28-12-5-9-20(28)31/h2-4,7-8,10-11,15,24,30H,5-6,9,12-14H2,1H3,(H,26,27). The van der Waals surface area contributed by atoms with Crippen molar-refractivity contribution in [2.45, 2.75) is 25.3 Å². The van der Waals surface area contributed by atoms with E-state index in [0.717, 1.165) is 35.3 Å². The van der Waals surface area contributed by atoms with Gasteiger partial charge in [-0.2, -0.15) is 5.10 Å². The number of aromatic amines is 1. The first kappa shape index (κ1) is 21.1. The molecule has 170 valence electrons. The van der Waals surface area contributed by atoms with Gasteiger partial charge >= 0.3 is 0 Å². The summed E-state index contributed by atoms with van der Waals surface area (Å²) in [6.07, 6.45) is 2.19. The second-order valence-electron chi connectivity index (χ2n) is 8.40. The Morgan fingerprint density at radius 2 is 1.97 bits per heavy atom. The number of fused-ring (bicyclic) bond motifs is 1. The van der Waals surface area contributed by atoms with E-state index >= 15 is 0 Å². The smallest absolute Gasteiger partial charge is 0.273 e. The third kappa shape index (κ3) is 3.71. The zero-order valence-corrected chi connectivity index (χ0v) is 18.5. The number of likely N-dealkylation sites (tertiary alicyclic amines) is 1. The normalized spacial score (nSPS) is 17.7. The van der Waals surface area contributed by atoms with E-state index in [-0.39, 0.29) is 23.6 Å². The molecule has 0 aliphatic carbocycles. The van der Waals surface area contributed by atoms with Gasteiger partial charge in [0.15, 0.2) is 11.5 Å². The lowest BCUT2D eigenvalue weighted by molar-refractivity contribution is -0.127. The highest BCUT2D eigenvalue weighted by molar-refractivity contribution is 6.00. The first-order chi connectivity index (χ1) is 16.1. The van der Waals surface area contributed by atoms with Gasteiger partial charge < -0.3 is 19.6 Å². The van der Waals surface area contributed by atoms with E-state index in [2.05, 4.69) is 10.2 Å². The van der Waals surface area contributed by atoms with Crippen LogP contribution >= 0.6 is 0 Å². The monoisotopic (exact) mass is 446 g/mol. The number of aromatic nitrogens is 2. The first-order valence-electron chi connectivity index (χ1n) is 11.2. The van der Waals surface area contributed by atoms with Crippen LogP contribution in [0.2, 0.25) is 0 Å². The van der Waals surface area contributed by atoms with Crippen LogP contribution in [0.5, 0.6) is 11.5 Å². The molecule has 2 aliphatic heterocycles. The van der Waals surface area contributed by atoms with Crippen molar-refractivity contribution in [3.63, 3.8) is 0 Å². The third-order valence-corrected chi connectivity index (χ3v) is 6.43. The molecule has 0 radical (unpaired) electrons. The molecule has 1 unspecified atom stereocenters. The molecule has 8 heteroatoms. The van der Waals surface area contributed by atoms with E-state index < -0.39 is 0 Å². The number of phenols is 1. The van der Waals surface area contributed by atoms with Crippen molar-refractivity contribution in [3.05, 3.63) is 65.4 Å². The number of ether oxygens (including phenoxy) is 1. The van der Waals surface area contributed by atoms with Crippen LogP contribution < -0.4 is 4.74 Å². The molecule has 3 heterocycles. The highest BCUT2D eigenvalue weighted by Crippen LogP contribution is 2.44. The molecule has 33 heavy (non-hydrogen) atoms. The predicted octanol–water partition coefficient (Wildman–Crippen LogP) is 3.35. The SMILES string of the molecule is COc1cc(C2c3c(-c4ccccc4)n[nH]c3C(=O)N2CCCN2CCCC2=O)ccc1O. The molecule has 0 spiro atoms. The largest absolute Gasteiger partial charge is 0.504 e. The maximum atomic E-state index is 13.4. The number of rotatable bonds is 7. The van der Waals surface area contributed by atoms with E-state index in [1.807, 2.05) is 46.2 Å². The Morgan fingerprint density at radius 1 is 1.15 bits per heavy atom. The van der Waals surface area contributed by atoms with Gasteiger partial charge in [0.25, 0.3) is 5.91 Å². The van der Waals surface area contributed by atoms with Crippen LogP contribution in [-0.2, 0) is 4.79 Å². The number of aromatic hydroxyl groups is 1. The summed E-state index contributed by atoms with van der Waals surface area (Å²) in [4.78, 5) is 29.1. The van der Waals surface area contributed by atoms with E-state index in [4.69, 9.17) is 4.74 Å². The Hall–Kier alpha value is -3.81. The van der Waals surface area contributed by atoms with Gasteiger partial charge in [-0.15, -0.1) is 0 Å². The van der Waals surface area contributed by atoms with Gasteiger partial charge in [-0.3, -0.25) is 14.7 Å². The van der Waals surface area contributed by atoms with E-state index in [1.165, 1.54) is 7.11 Å². The van der Waals surface area contributed by atoms with Crippen LogP contribution in [0.25, 0.3) is 11.3 Å². The van der Waals surface area contributed by atoms with Crippen molar-refractivity contribution in [1.29, 1.82) is 0 Å². The molecule has 8 nitrogen and oxygen atoms in total. The number of phenolic OH excluding ortho intramolecular Hbond substituents is 1. The molecule has 5 rings (SSSR count). The van der Waals surface area contributed by atoms with Gasteiger partial charge in [0, 0.05) is 37.2 Å². The fourth-order valence-corrected chi connectivity index (χ4v) is 4.83. The predicted molar refractivity (Wildman–Crippen MR) is 122 cm³/mol. The van der Waals surface area contributed by atoms with Crippen molar-refractivity contribution in [1.82, 2.24) is 20.0 Å².